The highest BCUT2D eigenvalue weighted by atomic mass is 19.1. The monoisotopic (exact) mass is 407 g/mol. The van der Waals surface area contributed by atoms with Crippen LogP contribution in [0.15, 0.2) is 63.4 Å². The zero-order chi connectivity index (χ0) is 21.1. The number of aromatic nitrogens is 1. The van der Waals surface area contributed by atoms with Crippen molar-refractivity contribution in [2.45, 2.75) is 6.04 Å². The number of halogens is 1. The number of pyridine rings is 1. The van der Waals surface area contributed by atoms with Crippen molar-refractivity contribution in [1.29, 1.82) is 0 Å². The highest BCUT2D eigenvalue weighted by Crippen LogP contribution is 2.15. The minimum absolute atomic E-state index is 0.0482. The van der Waals surface area contributed by atoms with Gasteiger partial charge in [0.15, 0.2) is 0 Å². The molecule has 152 valence electrons. The molecule has 0 aliphatic carbocycles. The van der Waals surface area contributed by atoms with E-state index in [1.807, 2.05) is 0 Å². The molecule has 1 amide bonds. The van der Waals surface area contributed by atoms with Gasteiger partial charge in [-0.05, 0) is 48.5 Å². The molecule has 9 heteroatoms. The van der Waals surface area contributed by atoms with Crippen molar-refractivity contribution in [3.05, 3.63) is 75.8 Å². The SMILES string of the molecule is NN=C(C=Nc1ccc(C(=O)NC2COC2)cc1)c1cc2cc(F)ccc2[nH]c1=O. The molecule has 0 spiro atoms. The quantitative estimate of drug-likeness (QED) is 0.339. The third-order valence-electron chi connectivity index (χ3n) is 4.66. The summed E-state index contributed by atoms with van der Waals surface area (Å²) in [6.45, 7) is 1.05. The average Bonchev–Trinajstić information content (AvgIpc) is 2.72. The number of hydrazone groups is 1. The van der Waals surface area contributed by atoms with Crippen molar-refractivity contribution in [3.8, 4) is 0 Å². The van der Waals surface area contributed by atoms with E-state index in [1.165, 1.54) is 30.5 Å². The molecule has 1 aromatic heterocycles. The molecule has 2 heterocycles. The normalized spacial score (nSPS) is 14.8. The van der Waals surface area contributed by atoms with Gasteiger partial charge >= 0.3 is 0 Å². The second-order valence-electron chi connectivity index (χ2n) is 6.77. The molecule has 4 rings (SSSR count). The lowest BCUT2D eigenvalue weighted by Gasteiger charge is -2.26. The summed E-state index contributed by atoms with van der Waals surface area (Å²) in [4.78, 5) is 31.4. The molecule has 8 nitrogen and oxygen atoms in total. The molecular weight excluding hydrogens is 389 g/mol. The lowest BCUT2D eigenvalue weighted by Crippen LogP contribution is -2.48. The number of rotatable bonds is 5. The van der Waals surface area contributed by atoms with E-state index in [9.17, 15) is 14.0 Å². The number of carbonyl (C=O) groups excluding carboxylic acids is 1. The molecule has 0 saturated carbocycles. The van der Waals surface area contributed by atoms with E-state index in [0.29, 0.717) is 35.4 Å². The Balaban J connectivity index is 1.53. The molecule has 3 aromatic rings. The van der Waals surface area contributed by atoms with Crippen LogP contribution in [0, 0.1) is 5.82 Å². The van der Waals surface area contributed by atoms with Crippen LogP contribution in [0.1, 0.15) is 15.9 Å². The molecule has 1 aliphatic heterocycles. The van der Waals surface area contributed by atoms with Crippen molar-refractivity contribution < 1.29 is 13.9 Å². The Morgan fingerprint density at radius 3 is 2.63 bits per heavy atom. The number of fused-ring (bicyclic) bond motifs is 1. The van der Waals surface area contributed by atoms with Crippen LogP contribution in [0.5, 0.6) is 0 Å². The molecule has 0 bridgehead atoms. The van der Waals surface area contributed by atoms with Crippen molar-refractivity contribution in [2.75, 3.05) is 13.2 Å². The van der Waals surface area contributed by atoms with Gasteiger partial charge in [-0.1, -0.05) is 0 Å². The fourth-order valence-electron chi connectivity index (χ4n) is 2.96. The Hall–Kier alpha value is -3.85. The summed E-state index contributed by atoms with van der Waals surface area (Å²) in [5.41, 5.74) is 1.43. The maximum absolute atomic E-state index is 13.5. The van der Waals surface area contributed by atoms with E-state index in [1.54, 1.807) is 24.3 Å². The van der Waals surface area contributed by atoms with Crippen LogP contribution >= 0.6 is 0 Å². The van der Waals surface area contributed by atoms with Gasteiger partial charge in [-0.25, -0.2) is 4.39 Å². The van der Waals surface area contributed by atoms with Crippen LogP contribution in [0.2, 0.25) is 0 Å². The van der Waals surface area contributed by atoms with Crippen molar-refractivity contribution in [2.24, 2.45) is 15.9 Å². The number of hydrogen-bond donors (Lipinski definition) is 3. The molecule has 1 aliphatic rings. The molecule has 0 atom stereocenters. The average molecular weight is 407 g/mol. The van der Waals surface area contributed by atoms with Crippen molar-refractivity contribution >= 4 is 34.4 Å². The first-order chi connectivity index (χ1) is 14.5. The van der Waals surface area contributed by atoms with Crippen LogP contribution in [0.4, 0.5) is 10.1 Å². The largest absolute Gasteiger partial charge is 0.377 e. The summed E-state index contributed by atoms with van der Waals surface area (Å²) in [6, 6.07) is 12.2. The van der Waals surface area contributed by atoms with Gasteiger partial charge in [0.05, 0.1) is 36.7 Å². The Kier molecular flexibility index (Phi) is 5.36. The maximum Gasteiger partial charge on any atom is 0.258 e. The van der Waals surface area contributed by atoms with Gasteiger partial charge in [-0.2, -0.15) is 5.10 Å². The number of nitrogens with one attached hydrogen (secondary N) is 2. The predicted octanol–water partition coefficient (Wildman–Crippen LogP) is 1.86. The molecule has 0 radical (unpaired) electrons. The van der Waals surface area contributed by atoms with Crippen LogP contribution in [0.25, 0.3) is 10.9 Å². The first kappa shape index (κ1) is 19.5. The first-order valence-corrected chi connectivity index (χ1v) is 9.17. The van der Waals surface area contributed by atoms with Gasteiger partial charge in [-0.3, -0.25) is 14.6 Å². The molecule has 0 unspecified atom stereocenters. The lowest BCUT2D eigenvalue weighted by molar-refractivity contribution is -0.00346. The van der Waals surface area contributed by atoms with E-state index < -0.39 is 11.4 Å². The summed E-state index contributed by atoms with van der Waals surface area (Å²) in [6.07, 6.45) is 1.34. The van der Waals surface area contributed by atoms with Gasteiger partial charge in [-0.15, -0.1) is 0 Å². The van der Waals surface area contributed by atoms with E-state index in [4.69, 9.17) is 10.6 Å². The van der Waals surface area contributed by atoms with Gasteiger partial charge in [0.1, 0.15) is 11.5 Å². The van der Waals surface area contributed by atoms with Gasteiger partial charge in [0.25, 0.3) is 11.5 Å². The third kappa shape index (κ3) is 4.11. The minimum atomic E-state index is -0.422. The number of carbonyl (C=O) groups is 1. The van der Waals surface area contributed by atoms with Crippen molar-refractivity contribution in [3.63, 3.8) is 0 Å². The number of nitrogens with zero attached hydrogens (tertiary/aromatic N) is 2. The summed E-state index contributed by atoms with van der Waals surface area (Å²) < 4.78 is 18.5. The molecule has 1 fully saturated rings. The Labute approximate surface area is 170 Å². The van der Waals surface area contributed by atoms with Gasteiger partial charge in [0, 0.05) is 16.5 Å². The topological polar surface area (TPSA) is 122 Å². The Morgan fingerprint density at radius 2 is 1.97 bits per heavy atom. The maximum atomic E-state index is 13.5. The number of H-pyrrole nitrogens is 1. The number of benzene rings is 2. The van der Waals surface area contributed by atoms with Gasteiger partial charge < -0.3 is 20.9 Å². The molecular formula is C21H18FN5O3. The minimum Gasteiger partial charge on any atom is -0.377 e. The van der Waals surface area contributed by atoms with E-state index in [-0.39, 0.29) is 23.2 Å². The number of ether oxygens (including phenoxy) is 1. The highest BCUT2D eigenvalue weighted by Gasteiger charge is 2.20. The van der Waals surface area contributed by atoms with Crippen LogP contribution in [-0.4, -0.2) is 42.1 Å². The predicted molar refractivity (Wildman–Crippen MR) is 112 cm³/mol. The van der Waals surface area contributed by atoms with E-state index >= 15 is 0 Å². The van der Waals surface area contributed by atoms with E-state index in [2.05, 4.69) is 20.4 Å². The van der Waals surface area contributed by atoms with Crippen molar-refractivity contribution in [1.82, 2.24) is 10.3 Å². The lowest BCUT2D eigenvalue weighted by atomic mass is 10.1. The van der Waals surface area contributed by atoms with Crippen LogP contribution < -0.4 is 16.7 Å². The van der Waals surface area contributed by atoms with Crippen LogP contribution in [-0.2, 0) is 4.74 Å². The number of aliphatic imine (C=N–C) groups is 1. The van der Waals surface area contributed by atoms with E-state index in [0.717, 1.165) is 0 Å². The van der Waals surface area contributed by atoms with Gasteiger partial charge in [0.2, 0.25) is 0 Å². The van der Waals surface area contributed by atoms with Crippen LogP contribution in [0.3, 0.4) is 0 Å². The summed E-state index contributed by atoms with van der Waals surface area (Å²) >= 11 is 0. The summed E-state index contributed by atoms with van der Waals surface area (Å²) in [5, 5.41) is 7.00. The number of amides is 1. The fraction of sp³-hybridized carbons (Fsp3) is 0.143. The molecule has 2 aromatic carbocycles. The number of hydrogen-bond acceptors (Lipinski definition) is 6. The Bertz CT molecular complexity index is 1210. The number of aromatic amines is 1. The second kappa shape index (κ2) is 8.26. The number of nitrogens with two attached hydrogens (primary N) is 1. The molecule has 30 heavy (non-hydrogen) atoms. The fourth-order valence-corrected chi connectivity index (χ4v) is 2.96. The zero-order valence-corrected chi connectivity index (χ0v) is 15.8. The molecule has 1 saturated heterocycles. The smallest absolute Gasteiger partial charge is 0.258 e. The third-order valence-corrected chi connectivity index (χ3v) is 4.66. The summed E-state index contributed by atoms with van der Waals surface area (Å²) in [5.74, 6) is 4.84. The molecule has 4 N–H and O–H groups in total. The standard InChI is InChI=1S/C21H18FN5O3/c22-14-3-6-18-13(7-14)8-17(21(29)26-18)19(27-23)9-24-15-4-1-12(2-5-15)20(28)25-16-10-30-11-16/h1-9,16H,10-11,23H2,(H,25,28)(H,26,29). The Morgan fingerprint density at radius 1 is 1.20 bits per heavy atom. The highest BCUT2D eigenvalue weighted by molar-refractivity contribution is 6.38. The zero-order valence-electron chi connectivity index (χ0n) is 15.8. The first-order valence-electron chi connectivity index (χ1n) is 9.17. The second-order valence-corrected chi connectivity index (χ2v) is 6.77. The summed E-state index contributed by atoms with van der Waals surface area (Å²) in [7, 11) is 0.